The number of halogens is 1. The SMILES string of the molecule is Cc1ccc(CN2CC(C)(C)C(=O)/C(=C\c3cccc(N4CCOCC4)n3)C2c2ccc(F)cc2)cc1. The molecule has 6 heteroatoms. The summed E-state index contributed by atoms with van der Waals surface area (Å²) in [7, 11) is 0. The summed E-state index contributed by atoms with van der Waals surface area (Å²) in [6.45, 7) is 10.3. The number of likely N-dealkylation sites (tertiary alicyclic amines) is 1. The quantitative estimate of drug-likeness (QED) is 0.428. The Balaban J connectivity index is 1.57. The normalized spacial score (nSPS) is 21.4. The summed E-state index contributed by atoms with van der Waals surface area (Å²) in [5.74, 6) is 0.692. The second-order valence-corrected chi connectivity index (χ2v) is 10.7. The Bertz CT molecular complexity index is 1280. The average Bonchev–Trinajstić information content (AvgIpc) is 2.90. The van der Waals surface area contributed by atoms with E-state index < -0.39 is 5.41 Å². The fourth-order valence-corrected chi connectivity index (χ4v) is 5.29. The van der Waals surface area contributed by atoms with Crippen molar-refractivity contribution in [2.45, 2.75) is 33.4 Å². The summed E-state index contributed by atoms with van der Waals surface area (Å²) in [4.78, 5) is 23.3. The molecule has 0 N–H and O–H groups in total. The standard InChI is InChI=1S/C31H34FN3O2/c1-22-7-9-23(10-8-22)20-35-21-31(2,3)30(36)27(29(35)24-11-13-25(32)14-12-24)19-26-5-4-6-28(33-26)34-15-17-37-18-16-34/h4-14,19,29H,15-18,20-21H2,1-3H3/b27-19-. The van der Waals surface area contributed by atoms with Crippen LogP contribution < -0.4 is 4.90 Å². The number of hydrogen-bond donors (Lipinski definition) is 0. The average molecular weight is 500 g/mol. The number of carbonyl (C=O) groups is 1. The maximum atomic E-state index is 13.9. The minimum Gasteiger partial charge on any atom is -0.378 e. The first-order valence-corrected chi connectivity index (χ1v) is 12.9. The number of anilines is 1. The van der Waals surface area contributed by atoms with Crippen LogP contribution in [0.4, 0.5) is 10.2 Å². The predicted molar refractivity (Wildman–Crippen MR) is 145 cm³/mol. The summed E-state index contributed by atoms with van der Waals surface area (Å²) in [5.41, 5.74) is 4.13. The van der Waals surface area contributed by atoms with Crippen LogP contribution in [0.3, 0.4) is 0 Å². The summed E-state index contributed by atoms with van der Waals surface area (Å²) in [6, 6.07) is 20.6. The molecule has 2 aliphatic rings. The topological polar surface area (TPSA) is 45.7 Å². The Morgan fingerprint density at radius 2 is 1.73 bits per heavy atom. The van der Waals surface area contributed by atoms with Crippen molar-refractivity contribution in [3.05, 3.63) is 101 Å². The molecule has 2 aromatic carbocycles. The molecule has 2 saturated heterocycles. The lowest BCUT2D eigenvalue weighted by Gasteiger charge is -2.44. The highest BCUT2D eigenvalue weighted by Gasteiger charge is 2.44. The van der Waals surface area contributed by atoms with Gasteiger partial charge in [-0.1, -0.05) is 61.9 Å². The molecule has 1 unspecified atom stereocenters. The van der Waals surface area contributed by atoms with Crippen molar-refractivity contribution in [2.75, 3.05) is 37.7 Å². The van der Waals surface area contributed by atoms with Crippen LogP contribution in [-0.2, 0) is 16.1 Å². The Labute approximate surface area is 218 Å². The van der Waals surface area contributed by atoms with Gasteiger partial charge in [-0.25, -0.2) is 9.37 Å². The van der Waals surface area contributed by atoms with Crippen LogP contribution in [0, 0.1) is 18.2 Å². The van der Waals surface area contributed by atoms with Gasteiger partial charge in [0.05, 0.1) is 24.9 Å². The minimum absolute atomic E-state index is 0.0977. The Hall–Kier alpha value is -3.35. The Morgan fingerprint density at radius 3 is 2.43 bits per heavy atom. The predicted octanol–water partition coefficient (Wildman–Crippen LogP) is 5.60. The minimum atomic E-state index is -0.575. The number of nitrogens with zero attached hydrogens (tertiary/aromatic N) is 3. The second kappa shape index (κ2) is 10.6. The molecule has 1 aromatic heterocycles. The number of rotatable bonds is 5. The lowest BCUT2D eigenvalue weighted by atomic mass is 9.74. The summed E-state index contributed by atoms with van der Waals surface area (Å²) in [5, 5.41) is 0. The molecule has 5 rings (SSSR count). The van der Waals surface area contributed by atoms with E-state index in [4.69, 9.17) is 9.72 Å². The number of morpholine rings is 1. The molecule has 2 fully saturated rings. The van der Waals surface area contributed by atoms with Crippen molar-refractivity contribution in [3.63, 3.8) is 0 Å². The molecule has 3 aromatic rings. The van der Waals surface area contributed by atoms with E-state index in [-0.39, 0.29) is 17.6 Å². The highest BCUT2D eigenvalue weighted by Crippen LogP contribution is 2.42. The van der Waals surface area contributed by atoms with Gasteiger partial charge in [0.15, 0.2) is 5.78 Å². The number of carbonyl (C=O) groups excluding carboxylic acids is 1. The smallest absolute Gasteiger partial charge is 0.167 e. The van der Waals surface area contributed by atoms with E-state index in [9.17, 15) is 9.18 Å². The lowest BCUT2D eigenvalue weighted by Crippen LogP contribution is -2.49. The third-order valence-electron chi connectivity index (χ3n) is 7.22. The number of pyridine rings is 1. The fourth-order valence-electron chi connectivity index (χ4n) is 5.29. The maximum Gasteiger partial charge on any atom is 0.167 e. The molecule has 0 aliphatic carbocycles. The lowest BCUT2D eigenvalue weighted by molar-refractivity contribution is -0.128. The van der Waals surface area contributed by atoms with Gasteiger partial charge in [0.25, 0.3) is 0 Å². The number of ether oxygens (including phenoxy) is 1. The fraction of sp³-hybridized carbons (Fsp3) is 0.355. The summed E-state index contributed by atoms with van der Waals surface area (Å²) < 4.78 is 19.4. The van der Waals surface area contributed by atoms with Gasteiger partial charge in [0.2, 0.25) is 0 Å². The van der Waals surface area contributed by atoms with Crippen molar-refractivity contribution in [1.29, 1.82) is 0 Å². The van der Waals surface area contributed by atoms with Crippen molar-refractivity contribution in [2.24, 2.45) is 5.41 Å². The van der Waals surface area contributed by atoms with Gasteiger partial charge >= 0.3 is 0 Å². The molecule has 0 radical (unpaired) electrons. The van der Waals surface area contributed by atoms with Crippen molar-refractivity contribution >= 4 is 17.7 Å². The van der Waals surface area contributed by atoms with Crippen LogP contribution in [-0.4, -0.2) is 48.5 Å². The zero-order valence-electron chi connectivity index (χ0n) is 21.8. The van der Waals surface area contributed by atoms with Gasteiger partial charge in [-0.05, 0) is 48.4 Å². The Kier molecular flexibility index (Phi) is 7.22. The van der Waals surface area contributed by atoms with E-state index in [0.29, 0.717) is 31.9 Å². The number of aromatic nitrogens is 1. The highest BCUT2D eigenvalue weighted by molar-refractivity contribution is 6.05. The summed E-state index contributed by atoms with van der Waals surface area (Å²) >= 11 is 0. The van der Waals surface area contributed by atoms with Crippen molar-refractivity contribution in [1.82, 2.24) is 9.88 Å². The van der Waals surface area contributed by atoms with Gasteiger partial charge in [-0.15, -0.1) is 0 Å². The number of benzene rings is 2. The number of hydrogen-bond acceptors (Lipinski definition) is 5. The number of piperidine rings is 1. The molecule has 0 amide bonds. The second-order valence-electron chi connectivity index (χ2n) is 10.7. The van der Waals surface area contributed by atoms with Crippen LogP contribution in [0.1, 0.15) is 42.3 Å². The molecule has 3 heterocycles. The first-order valence-electron chi connectivity index (χ1n) is 12.9. The van der Waals surface area contributed by atoms with Crippen LogP contribution >= 0.6 is 0 Å². The molecule has 1 atom stereocenters. The number of Topliss-reactive ketones (excluding diaryl/α,β-unsaturated/α-hetero) is 1. The maximum absolute atomic E-state index is 13.9. The van der Waals surface area contributed by atoms with Crippen molar-refractivity contribution < 1.29 is 13.9 Å². The third-order valence-corrected chi connectivity index (χ3v) is 7.22. The van der Waals surface area contributed by atoms with E-state index in [2.05, 4.69) is 41.0 Å². The number of ketones is 1. The monoisotopic (exact) mass is 499 g/mol. The van der Waals surface area contributed by atoms with Gasteiger partial charge in [-0.3, -0.25) is 9.69 Å². The molecule has 0 spiro atoms. The Morgan fingerprint density at radius 1 is 1.03 bits per heavy atom. The van der Waals surface area contributed by atoms with Gasteiger partial charge in [0, 0.05) is 37.2 Å². The molecular weight excluding hydrogens is 465 g/mol. The largest absolute Gasteiger partial charge is 0.378 e. The van der Waals surface area contributed by atoms with Gasteiger partial charge in [-0.2, -0.15) is 0 Å². The molecule has 192 valence electrons. The van der Waals surface area contributed by atoms with E-state index >= 15 is 0 Å². The first kappa shape index (κ1) is 25.3. The summed E-state index contributed by atoms with van der Waals surface area (Å²) in [6.07, 6.45) is 1.93. The first-order chi connectivity index (χ1) is 17.8. The van der Waals surface area contributed by atoms with Crippen LogP contribution in [0.25, 0.3) is 6.08 Å². The van der Waals surface area contributed by atoms with Crippen molar-refractivity contribution in [3.8, 4) is 0 Å². The zero-order valence-corrected chi connectivity index (χ0v) is 21.8. The highest BCUT2D eigenvalue weighted by atomic mass is 19.1. The third kappa shape index (κ3) is 5.65. The van der Waals surface area contributed by atoms with E-state index in [1.165, 1.54) is 23.3 Å². The van der Waals surface area contributed by atoms with Crippen LogP contribution in [0.15, 0.2) is 72.3 Å². The van der Waals surface area contributed by atoms with Gasteiger partial charge < -0.3 is 9.64 Å². The van der Waals surface area contributed by atoms with E-state index in [1.807, 2.05) is 38.1 Å². The molecule has 5 nitrogen and oxygen atoms in total. The molecular formula is C31H34FN3O2. The molecule has 0 bridgehead atoms. The molecule has 37 heavy (non-hydrogen) atoms. The van der Waals surface area contributed by atoms with Crippen LogP contribution in [0.2, 0.25) is 0 Å². The van der Waals surface area contributed by atoms with E-state index in [0.717, 1.165) is 30.2 Å². The zero-order chi connectivity index (χ0) is 26.0. The number of aryl methyl sites for hydroxylation is 1. The van der Waals surface area contributed by atoms with E-state index in [1.54, 1.807) is 12.1 Å². The van der Waals surface area contributed by atoms with Crippen LogP contribution in [0.5, 0.6) is 0 Å². The molecule has 2 aliphatic heterocycles. The van der Waals surface area contributed by atoms with Gasteiger partial charge in [0.1, 0.15) is 11.6 Å². The molecule has 0 saturated carbocycles.